The predicted molar refractivity (Wildman–Crippen MR) is 62.4 cm³/mol. The standard InChI is InChI=1S/C12H13NO6/c1-18-8-4-6(5-13)3-7(9(8)14)10(15)11(16)12(17)19-2/h3-4,10-11,14-16H,1-2H3. The fourth-order valence-electron chi connectivity index (χ4n) is 1.49. The van der Waals surface area contributed by atoms with E-state index in [0.29, 0.717) is 0 Å². The topological polar surface area (TPSA) is 120 Å². The van der Waals surface area contributed by atoms with Crippen molar-refractivity contribution >= 4 is 5.97 Å². The quantitative estimate of drug-likeness (QED) is 0.648. The smallest absolute Gasteiger partial charge is 0.337 e. The number of aliphatic hydroxyl groups excluding tert-OH is 2. The Morgan fingerprint density at radius 1 is 1.37 bits per heavy atom. The Kier molecular flexibility index (Phi) is 4.69. The number of carbonyl (C=O) groups excluding carboxylic acids is 1. The normalized spacial score (nSPS) is 13.2. The maximum absolute atomic E-state index is 11.1. The van der Waals surface area contributed by atoms with E-state index in [0.717, 1.165) is 13.2 Å². The number of ether oxygens (including phenoxy) is 2. The number of nitrogens with zero attached hydrogens (tertiary/aromatic N) is 1. The van der Waals surface area contributed by atoms with Gasteiger partial charge in [0.1, 0.15) is 6.10 Å². The number of benzene rings is 1. The minimum absolute atomic E-state index is 0.0508. The van der Waals surface area contributed by atoms with Crippen LogP contribution in [0.15, 0.2) is 12.1 Å². The summed E-state index contributed by atoms with van der Waals surface area (Å²) in [6.07, 6.45) is -3.62. The maximum atomic E-state index is 11.1. The van der Waals surface area contributed by atoms with E-state index in [1.807, 2.05) is 0 Å². The van der Waals surface area contributed by atoms with Crippen LogP contribution >= 0.6 is 0 Å². The first-order valence-corrected chi connectivity index (χ1v) is 5.21. The number of aromatic hydroxyl groups is 1. The van der Waals surface area contributed by atoms with E-state index in [1.54, 1.807) is 6.07 Å². The average Bonchev–Trinajstić information content (AvgIpc) is 2.45. The molecular formula is C12H13NO6. The molecule has 0 aromatic heterocycles. The van der Waals surface area contributed by atoms with Crippen LogP contribution in [0.5, 0.6) is 11.5 Å². The number of nitriles is 1. The third kappa shape index (κ3) is 2.93. The maximum Gasteiger partial charge on any atom is 0.337 e. The summed E-state index contributed by atoms with van der Waals surface area (Å²) >= 11 is 0. The number of hydrogen-bond acceptors (Lipinski definition) is 7. The van der Waals surface area contributed by atoms with Crippen molar-refractivity contribution in [1.82, 2.24) is 0 Å². The Morgan fingerprint density at radius 3 is 2.47 bits per heavy atom. The lowest BCUT2D eigenvalue weighted by atomic mass is 10.0. The Morgan fingerprint density at radius 2 is 2.00 bits per heavy atom. The van der Waals surface area contributed by atoms with Gasteiger partial charge in [0, 0.05) is 11.6 Å². The molecule has 0 aliphatic rings. The molecule has 0 fully saturated rings. The first-order valence-electron chi connectivity index (χ1n) is 5.21. The number of methoxy groups -OCH3 is 2. The Balaban J connectivity index is 3.26. The lowest BCUT2D eigenvalue weighted by Crippen LogP contribution is -2.29. The van der Waals surface area contributed by atoms with Crippen LogP contribution in [-0.4, -0.2) is 41.6 Å². The first-order chi connectivity index (χ1) is 8.96. The molecule has 1 aromatic rings. The second-order valence-electron chi connectivity index (χ2n) is 3.64. The molecule has 0 aliphatic heterocycles. The van der Waals surface area contributed by atoms with Gasteiger partial charge in [-0.1, -0.05) is 0 Å². The molecule has 1 rings (SSSR count). The fourth-order valence-corrected chi connectivity index (χ4v) is 1.49. The van der Waals surface area contributed by atoms with Gasteiger partial charge in [-0.05, 0) is 6.07 Å². The van der Waals surface area contributed by atoms with E-state index in [2.05, 4.69) is 4.74 Å². The molecule has 1 aromatic carbocycles. The molecule has 0 spiro atoms. The van der Waals surface area contributed by atoms with E-state index >= 15 is 0 Å². The second kappa shape index (κ2) is 6.04. The molecule has 7 heteroatoms. The fraction of sp³-hybridized carbons (Fsp3) is 0.333. The molecule has 0 amide bonds. The zero-order valence-corrected chi connectivity index (χ0v) is 10.3. The van der Waals surface area contributed by atoms with Crippen LogP contribution in [0.25, 0.3) is 0 Å². The number of hydrogen-bond donors (Lipinski definition) is 3. The second-order valence-corrected chi connectivity index (χ2v) is 3.64. The van der Waals surface area contributed by atoms with Gasteiger partial charge in [0.25, 0.3) is 0 Å². The highest BCUT2D eigenvalue weighted by molar-refractivity contribution is 5.75. The van der Waals surface area contributed by atoms with Crippen molar-refractivity contribution in [2.24, 2.45) is 0 Å². The van der Waals surface area contributed by atoms with Gasteiger partial charge in [-0.25, -0.2) is 4.79 Å². The molecule has 0 heterocycles. The molecular weight excluding hydrogens is 254 g/mol. The van der Waals surface area contributed by atoms with Crippen LogP contribution in [0.2, 0.25) is 0 Å². The van der Waals surface area contributed by atoms with Crippen molar-refractivity contribution in [3.63, 3.8) is 0 Å². The Bertz CT molecular complexity index is 522. The van der Waals surface area contributed by atoms with Gasteiger partial charge in [0.2, 0.25) is 0 Å². The number of phenolic OH excluding ortho intramolecular Hbond substituents is 1. The molecule has 2 atom stereocenters. The molecule has 0 saturated heterocycles. The summed E-state index contributed by atoms with van der Waals surface area (Å²) in [5.74, 6) is -1.57. The summed E-state index contributed by atoms with van der Waals surface area (Å²) < 4.78 is 9.12. The predicted octanol–water partition coefficient (Wildman–Crippen LogP) is -0.160. The van der Waals surface area contributed by atoms with Crippen molar-refractivity contribution in [2.45, 2.75) is 12.2 Å². The first kappa shape index (κ1) is 14.8. The lowest BCUT2D eigenvalue weighted by molar-refractivity contribution is -0.156. The Labute approximate surface area is 109 Å². The summed E-state index contributed by atoms with van der Waals surface area (Å²) in [5, 5.41) is 38.0. The molecule has 3 N–H and O–H groups in total. The van der Waals surface area contributed by atoms with Crippen LogP contribution in [0, 0.1) is 11.3 Å². The van der Waals surface area contributed by atoms with Crippen molar-refractivity contribution in [3.05, 3.63) is 23.3 Å². The molecule has 0 aliphatic carbocycles. The largest absolute Gasteiger partial charge is 0.504 e. The van der Waals surface area contributed by atoms with Gasteiger partial charge in [0.15, 0.2) is 17.6 Å². The van der Waals surface area contributed by atoms with E-state index in [9.17, 15) is 20.1 Å². The number of phenols is 1. The highest BCUT2D eigenvalue weighted by Crippen LogP contribution is 2.36. The summed E-state index contributed by atoms with van der Waals surface area (Å²) in [4.78, 5) is 11.1. The highest BCUT2D eigenvalue weighted by Gasteiger charge is 2.30. The summed E-state index contributed by atoms with van der Waals surface area (Å²) in [6.45, 7) is 0. The molecule has 0 radical (unpaired) electrons. The van der Waals surface area contributed by atoms with Gasteiger partial charge in [-0.2, -0.15) is 5.26 Å². The zero-order valence-electron chi connectivity index (χ0n) is 10.3. The third-order valence-electron chi connectivity index (χ3n) is 2.51. The van der Waals surface area contributed by atoms with E-state index in [-0.39, 0.29) is 16.9 Å². The van der Waals surface area contributed by atoms with Gasteiger partial charge < -0.3 is 24.8 Å². The van der Waals surface area contributed by atoms with Crippen molar-refractivity contribution in [2.75, 3.05) is 14.2 Å². The molecule has 102 valence electrons. The van der Waals surface area contributed by atoms with Gasteiger partial charge in [-0.3, -0.25) is 0 Å². The van der Waals surface area contributed by atoms with Crippen LogP contribution in [0.1, 0.15) is 17.2 Å². The molecule has 2 unspecified atom stereocenters. The molecule has 7 nitrogen and oxygen atoms in total. The number of aliphatic hydroxyl groups is 2. The lowest BCUT2D eigenvalue weighted by Gasteiger charge is -2.18. The average molecular weight is 267 g/mol. The SMILES string of the molecule is COC(=O)C(O)C(O)c1cc(C#N)cc(OC)c1O. The van der Waals surface area contributed by atoms with Crippen LogP contribution < -0.4 is 4.74 Å². The number of rotatable bonds is 4. The summed E-state index contributed by atoms with van der Waals surface area (Å²) in [5.41, 5.74) is -0.102. The minimum Gasteiger partial charge on any atom is -0.504 e. The van der Waals surface area contributed by atoms with Gasteiger partial charge >= 0.3 is 5.97 Å². The van der Waals surface area contributed by atoms with Crippen LogP contribution in [0.4, 0.5) is 0 Å². The summed E-state index contributed by atoms with van der Waals surface area (Å²) in [7, 11) is 2.31. The molecule has 0 bridgehead atoms. The zero-order chi connectivity index (χ0) is 14.6. The van der Waals surface area contributed by atoms with Crippen LogP contribution in [0.3, 0.4) is 0 Å². The molecule has 0 saturated carbocycles. The van der Waals surface area contributed by atoms with Crippen molar-refractivity contribution < 1.29 is 29.6 Å². The van der Waals surface area contributed by atoms with Crippen molar-refractivity contribution in [3.8, 4) is 17.6 Å². The minimum atomic E-state index is -1.88. The van der Waals surface area contributed by atoms with Gasteiger partial charge in [0.05, 0.1) is 25.9 Å². The summed E-state index contributed by atoms with van der Waals surface area (Å²) in [6, 6.07) is 4.21. The van der Waals surface area contributed by atoms with E-state index < -0.39 is 23.9 Å². The number of esters is 1. The van der Waals surface area contributed by atoms with E-state index in [4.69, 9.17) is 10.00 Å². The highest BCUT2D eigenvalue weighted by atomic mass is 16.5. The monoisotopic (exact) mass is 267 g/mol. The number of carbonyl (C=O) groups is 1. The third-order valence-corrected chi connectivity index (χ3v) is 2.51. The van der Waals surface area contributed by atoms with Crippen molar-refractivity contribution in [1.29, 1.82) is 5.26 Å². The molecule has 19 heavy (non-hydrogen) atoms. The van der Waals surface area contributed by atoms with E-state index in [1.165, 1.54) is 13.2 Å². The van der Waals surface area contributed by atoms with Crippen LogP contribution in [-0.2, 0) is 9.53 Å². The van der Waals surface area contributed by atoms with Gasteiger partial charge in [-0.15, -0.1) is 0 Å². The Hall–Kier alpha value is -2.30.